The van der Waals surface area contributed by atoms with Crippen molar-refractivity contribution >= 4 is 11.6 Å². The molecule has 108 valence electrons. The van der Waals surface area contributed by atoms with Gasteiger partial charge < -0.3 is 10.2 Å². The van der Waals surface area contributed by atoms with Crippen LogP contribution in [0.5, 0.6) is 0 Å². The first-order valence-electron chi connectivity index (χ1n) is 6.80. The number of alkyl halides is 1. The van der Waals surface area contributed by atoms with Crippen LogP contribution in [-0.2, 0) is 6.54 Å². The summed E-state index contributed by atoms with van der Waals surface area (Å²) in [5.74, 6) is 0.000978. The molecule has 0 bridgehead atoms. The number of nitrogens with one attached hydrogen (secondary N) is 1. The second kappa shape index (κ2) is 6.68. The predicted octanol–water partition coefficient (Wildman–Crippen LogP) is 2.11. The first kappa shape index (κ1) is 14.8. The maximum Gasteiger partial charge on any atom is 0.147 e. The normalized spacial score (nSPS) is 21.8. The van der Waals surface area contributed by atoms with Crippen molar-refractivity contribution in [2.24, 2.45) is 5.92 Å². The average molecular weight is 289 g/mol. The van der Waals surface area contributed by atoms with Gasteiger partial charge in [-0.05, 0) is 33.5 Å². The minimum atomic E-state index is -1.04. The van der Waals surface area contributed by atoms with Gasteiger partial charge in [0, 0.05) is 19.0 Å². The molecule has 6 heteroatoms. The Bertz CT molecular complexity index is 401. The van der Waals surface area contributed by atoms with Gasteiger partial charge in [0.05, 0.1) is 23.5 Å². The van der Waals surface area contributed by atoms with E-state index in [1.165, 1.54) is 0 Å². The summed E-state index contributed by atoms with van der Waals surface area (Å²) in [4.78, 5) is 2.05. The fourth-order valence-electron chi connectivity index (χ4n) is 2.47. The largest absolute Gasteiger partial charge is 0.316 e. The fourth-order valence-corrected chi connectivity index (χ4v) is 2.72. The molecular formula is C13H22ClFN4. The SMILES string of the molecule is CN(C)CCn1ncc(Cl)c1C(F)C1CCCNC1. The lowest BCUT2D eigenvalue weighted by Crippen LogP contribution is -2.33. The highest BCUT2D eigenvalue weighted by atomic mass is 35.5. The summed E-state index contributed by atoms with van der Waals surface area (Å²) in [5.41, 5.74) is 0.539. The van der Waals surface area contributed by atoms with Crippen LogP contribution in [0.3, 0.4) is 0 Å². The van der Waals surface area contributed by atoms with Crippen LogP contribution in [-0.4, -0.2) is 48.4 Å². The molecule has 2 unspecified atom stereocenters. The highest BCUT2D eigenvalue weighted by molar-refractivity contribution is 6.31. The first-order chi connectivity index (χ1) is 9.09. The Morgan fingerprint density at radius 2 is 2.42 bits per heavy atom. The van der Waals surface area contributed by atoms with Crippen molar-refractivity contribution in [2.75, 3.05) is 33.7 Å². The van der Waals surface area contributed by atoms with Crippen LogP contribution in [0.25, 0.3) is 0 Å². The van der Waals surface area contributed by atoms with Crippen LogP contribution >= 0.6 is 11.6 Å². The van der Waals surface area contributed by atoms with Gasteiger partial charge in [-0.25, -0.2) is 4.39 Å². The Morgan fingerprint density at radius 3 is 3.05 bits per heavy atom. The number of rotatable bonds is 5. The molecular weight excluding hydrogens is 267 g/mol. The Hall–Kier alpha value is -0.650. The summed E-state index contributed by atoms with van der Waals surface area (Å²) in [6.45, 7) is 3.18. The molecule has 2 heterocycles. The lowest BCUT2D eigenvalue weighted by Gasteiger charge is -2.26. The molecule has 2 rings (SSSR count). The molecule has 1 aliphatic rings. The van der Waals surface area contributed by atoms with E-state index in [0.717, 1.165) is 32.5 Å². The second-order valence-corrected chi connectivity index (χ2v) is 5.82. The van der Waals surface area contributed by atoms with E-state index in [-0.39, 0.29) is 5.92 Å². The third kappa shape index (κ3) is 3.68. The number of hydrogen-bond donors (Lipinski definition) is 1. The molecule has 1 aliphatic heterocycles. The minimum absolute atomic E-state index is 0.000978. The van der Waals surface area contributed by atoms with Crippen molar-refractivity contribution in [3.63, 3.8) is 0 Å². The number of hydrogen-bond acceptors (Lipinski definition) is 3. The van der Waals surface area contributed by atoms with Crippen molar-refractivity contribution in [1.82, 2.24) is 20.0 Å². The van der Waals surface area contributed by atoms with Crippen molar-refractivity contribution in [3.8, 4) is 0 Å². The van der Waals surface area contributed by atoms with Gasteiger partial charge in [0.1, 0.15) is 6.17 Å². The standard InChI is InChI=1S/C13H22ClFN4/c1-18(2)6-7-19-13(11(14)9-17-19)12(15)10-4-3-5-16-8-10/h9-10,12,16H,3-8H2,1-2H3. The van der Waals surface area contributed by atoms with Gasteiger partial charge in [-0.1, -0.05) is 11.6 Å². The zero-order valence-electron chi connectivity index (χ0n) is 11.6. The van der Waals surface area contributed by atoms with E-state index in [4.69, 9.17) is 11.6 Å². The van der Waals surface area contributed by atoms with Crippen molar-refractivity contribution < 1.29 is 4.39 Å². The lowest BCUT2D eigenvalue weighted by molar-refractivity contribution is 0.182. The molecule has 1 aromatic rings. The maximum atomic E-state index is 14.7. The van der Waals surface area contributed by atoms with Crippen LogP contribution in [0.4, 0.5) is 4.39 Å². The van der Waals surface area contributed by atoms with Crippen LogP contribution in [0.1, 0.15) is 24.7 Å². The van der Waals surface area contributed by atoms with E-state index < -0.39 is 6.17 Å². The monoisotopic (exact) mass is 288 g/mol. The second-order valence-electron chi connectivity index (χ2n) is 5.41. The third-order valence-electron chi connectivity index (χ3n) is 3.60. The summed E-state index contributed by atoms with van der Waals surface area (Å²) >= 11 is 6.12. The Kier molecular flexibility index (Phi) is 5.19. The molecule has 0 aliphatic carbocycles. The summed E-state index contributed by atoms with van der Waals surface area (Å²) in [5, 5.41) is 7.89. The zero-order valence-corrected chi connectivity index (χ0v) is 12.3. The van der Waals surface area contributed by atoms with Gasteiger partial charge >= 0.3 is 0 Å². The van der Waals surface area contributed by atoms with Crippen molar-refractivity contribution in [1.29, 1.82) is 0 Å². The van der Waals surface area contributed by atoms with E-state index in [1.54, 1.807) is 10.9 Å². The molecule has 1 N–H and O–H groups in total. The maximum absolute atomic E-state index is 14.7. The molecule has 19 heavy (non-hydrogen) atoms. The van der Waals surface area contributed by atoms with Crippen molar-refractivity contribution in [3.05, 3.63) is 16.9 Å². The molecule has 0 aromatic carbocycles. The molecule has 0 spiro atoms. The molecule has 0 amide bonds. The predicted molar refractivity (Wildman–Crippen MR) is 75.2 cm³/mol. The van der Waals surface area contributed by atoms with Gasteiger partial charge in [-0.15, -0.1) is 0 Å². The van der Waals surface area contributed by atoms with E-state index >= 15 is 0 Å². The molecule has 0 radical (unpaired) electrons. The van der Waals surface area contributed by atoms with Gasteiger partial charge in [0.15, 0.2) is 0 Å². The summed E-state index contributed by atoms with van der Waals surface area (Å²) in [6, 6.07) is 0. The highest BCUT2D eigenvalue weighted by Gasteiger charge is 2.29. The fraction of sp³-hybridized carbons (Fsp3) is 0.769. The number of piperidine rings is 1. The van der Waals surface area contributed by atoms with Crippen LogP contribution in [0.15, 0.2) is 6.20 Å². The van der Waals surface area contributed by atoms with Gasteiger partial charge in [-0.3, -0.25) is 4.68 Å². The van der Waals surface area contributed by atoms with Crippen molar-refractivity contribution in [2.45, 2.75) is 25.6 Å². The summed E-state index contributed by atoms with van der Waals surface area (Å²) in [6.07, 6.45) is 2.44. The average Bonchev–Trinajstić information content (AvgIpc) is 2.78. The molecule has 1 fully saturated rings. The number of aromatic nitrogens is 2. The van der Waals surface area contributed by atoms with E-state index in [9.17, 15) is 4.39 Å². The Labute approximate surface area is 118 Å². The quantitative estimate of drug-likeness (QED) is 0.901. The van der Waals surface area contributed by atoms with Crippen LogP contribution in [0, 0.1) is 5.92 Å². The Morgan fingerprint density at radius 1 is 1.63 bits per heavy atom. The molecule has 2 atom stereocenters. The number of nitrogens with zero attached hydrogens (tertiary/aromatic N) is 3. The topological polar surface area (TPSA) is 33.1 Å². The molecule has 1 aromatic heterocycles. The van der Waals surface area contributed by atoms with Gasteiger partial charge in [0.25, 0.3) is 0 Å². The van der Waals surface area contributed by atoms with Gasteiger partial charge in [0.2, 0.25) is 0 Å². The summed E-state index contributed by atoms with van der Waals surface area (Å²) < 4.78 is 16.4. The van der Waals surface area contributed by atoms with E-state index in [1.807, 2.05) is 14.1 Å². The first-order valence-corrected chi connectivity index (χ1v) is 7.18. The molecule has 0 saturated carbocycles. The smallest absolute Gasteiger partial charge is 0.147 e. The third-order valence-corrected chi connectivity index (χ3v) is 3.89. The van der Waals surface area contributed by atoms with E-state index in [0.29, 0.717) is 17.3 Å². The number of likely N-dealkylation sites (N-methyl/N-ethyl adjacent to an activating group) is 1. The lowest BCUT2D eigenvalue weighted by atomic mass is 9.93. The van der Waals surface area contributed by atoms with Crippen LogP contribution < -0.4 is 5.32 Å². The van der Waals surface area contributed by atoms with Crippen LogP contribution in [0.2, 0.25) is 5.02 Å². The minimum Gasteiger partial charge on any atom is -0.316 e. The zero-order chi connectivity index (χ0) is 13.8. The summed E-state index contributed by atoms with van der Waals surface area (Å²) in [7, 11) is 3.98. The molecule has 4 nitrogen and oxygen atoms in total. The number of halogens is 2. The highest BCUT2D eigenvalue weighted by Crippen LogP contribution is 2.34. The van der Waals surface area contributed by atoms with Gasteiger partial charge in [-0.2, -0.15) is 5.10 Å². The molecule has 1 saturated heterocycles. The Balaban J connectivity index is 2.10. The van der Waals surface area contributed by atoms with E-state index in [2.05, 4.69) is 15.3 Å².